The van der Waals surface area contributed by atoms with Gasteiger partial charge in [0.05, 0.1) is 29.0 Å². The molecule has 3 rings (SSSR count). The Hall–Kier alpha value is -3.86. The highest BCUT2D eigenvalue weighted by molar-refractivity contribution is 7.92. The standard InChI is InChI=1S/C24H22F3N3O4S/c1-2-34-20-14-12-19(13-15-20)30(35(32,33)21-9-4-3-5-10-21)17-23(31)29-28-16-18-8-6-7-11-22(18)24(25,26)27/h3-16H,2,17H2,1H3,(H,29,31)/b28-16-. The summed E-state index contributed by atoms with van der Waals surface area (Å²) in [4.78, 5) is 12.5. The minimum atomic E-state index is -4.60. The topological polar surface area (TPSA) is 88.1 Å². The van der Waals surface area contributed by atoms with Crippen LogP contribution in [0.4, 0.5) is 18.9 Å². The summed E-state index contributed by atoms with van der Waals surface area (Å²) in [5.74, 6) is -0.329. The first kappa shape index (κ1) is 25.8. The third-order valence-corrected chi connectivity index (χ3v) is 6.50. The number of amides is 1. The number of ether oxygens (including phenoxy) is 1. The van der Waals surface area contributed by atoms with E-state index in [1.165, 1.54) is 42.5 Å². The van der Waals surface area contributed by atoms with Crippen LogP contribution >= 0.6 is 0 Å². The molecular formula is C24H22F3N3O4S. The number of halogens is 3. The van der Waals surface area contributed by atoms with Crippen molar-refractivity contribution in [3.63, 3.8) is 0 Å². The minimum absolute atomic E-state index is 0.0377. The van der Waals surface area contributed by atoms with E-state index in [0.29, 0.717) is 12.4 Å². The van der Waals surface area contributed by atoms with E-state index in [0.717, 1.165) is 16.6 Å². The van der Waals surface area contributed by atoms with Gasteiger partial charge in [-0.05, 0) is 49.4 Å². The third-order valence-electron chi connectivity index (χ3n) is 4.71. The van der Waals surface area contributed by atoms with Crippen molar-refractivity contribution in [1.82, 2.24) is 5.43 Å². The summed E-state index contributed by atoms with van der Waals surface area (Å²) < 4.78 is 72.2. The van der Waals surface area contributed by atoms with Gasteiger partial charge in [-0.25, -0.2) is 13.8 Å². The first-order chi connectivity index (χ1) is 16.6. The highest BCUT2D eigenvalue weighted by Crippen LogP contribution is 2.31. The van der Waals surface area contributed by atoms with Gasteiger partial charge >= 0.3 is 6.18 Å². The lowest BCUT2D eigenvalue weighted by molar-refractivity contribution is -0.137. The van der Waals surface area contributed by atoms with Gasteiger partial charge in [-0.15, -0.1) is 0 Å². The van der Waals surface area contributed by atoms with Crippen LogP contribution in [0.1, 0.15) is 18.1 Å². The number of nitrogens with one attached hydrogen (secondary N) is 1. The quantitative estimate of drug-likeness (QED) is 0.344. The SMILES string of the molecule is CCOc1ccc(N(CC(=O)N/N=C\c2ccccc2C(F)(F)F)S(=O)(=O)c2ccccc2)cc1. The first-order valence-electron chi connectivity index (χ1n) is 10.4. The Bertz CT molecular complexity index is 1280. The first-order valence-corrected chi connectivity index (χ1v) is 11.9. The lowest BCUT2D eigenvalue weighted by Gasteiger charge is -2.24. The van der Waals surface area contributed by atoms with E-state index in [-0.39, 0.29) is 16.1 Å². The number of anilines is 1. The predicted molar refractivity (Wildman–Crippen MR) is 126 cm³/mol. The van der Waals surface area contributed by atoms with Gasteiger partial charge in [-0.2, -0.15) is 18.3 Å². The van der Waals surface area contributed by atoms with E-state index in [1.54, 1.807) is 37.3 Å². The van der Waals surface area contributed by atoms with Gasteiger partial charge in [0, 0.05) is 5.56 Å². The summed E-state index contributed by atoms with van der Waals surface area (Å²) in [5.41, 5.74) is 1.13. The Labute approximate surface area is 200 Å². The van der Waals surface area contributed by atoms with Crippen LogP contribution in [-0.4, -0.2) is 33.7 Å². The molecule has 1 N–H and O–H groups in total. The molecule has 11 heteroatoms. The summed E-state index contributed by atoms with van der Waals surface area (Å²) in [5, 5.41) is 3.59. The molecule has 0 atom stereocenters. The van der Waals surface area contributed by atoms with Gasteiger partial charge in [-0.3, -0.25) is 9.10 Å². The van der Waals surface area contributed by atoms with E-state index in [1.807, 2.05) is 0 Å². The second-order valence-corrected chi connectivity index (χ2v) is 8.99. The second kappa shape index (κ2) is 11.0. The number of carbonyl (C=O) groups is 1. The molecule has 3 aromatic rings. The molecule has 0 aromatic heterocycles. The van der Waals surface area contributed by atoms with Crippen LogP contribution in [0.15, 0.2) is 88.9 Å². The lowest BCUT2D eigenvalue weighted by Crippen LogP contribution is -2.39. The predicted octanol–water partition coefficient (Wildman–Crippen LogP) is 4.45. The molecule has 0 saturated heterocycles. The third kappa shape index (κ3) is 6.60. The molecule has 0 fully saturated rings. The van der Waals surface area contributed by atoms with Crippen LogP contribution < -0.4 is 14.5 Å². The highest BCUT2D eigenvalue weighted by atomic mass is 32.2. The van der Waals surface area contributed by atoms with Crippen molar-refractivity contribution in [2.45, 2.75) is 18.0 Å². The molecule has 35 heavy (non-hydrogen) atoms. The molecule has 0 bridgehead atoms. The largest absolute Gasteiger partial charge is 0.494 e. The number of hydrogen-bond acceptors (Lipinski definition) is 5. The van der Waals surface area contributed by atoms with Crippen LogP contribution in [0, 0.1) is 0 Å². The van der Waals surface area contributed by atoms with E-state index >= 15 is 0 Å². The Morgan fingerprint density at radius 1 is 1.00 bits per heavy atom. The van der Waals surface area contributed by atoms with Gasteiger partial charge in [0.2, 0.25) is 0 Å². The maximum absolute atomic E-state index is 13.3. The van der Waals surface area contributed by atoms with Crippen molar-refractivity contribution in [3.05, 3.63) is 90.0 Å². The molecule has 3 aromatic carbocycles. The Balaban J connectivity index is 1.84. The number of rotatable bonds is 9. The second-order valence-electron chi connectivity index (χ2n) is 7.13. The van der Waals surface area contributed by atoms with Gasteiger partial charge in [0.1, 0.15) is 12.3 Å². The summed E-state index contributed by atoms with van der Waals surface area (Å²) in [6.07, 6.45) is -3.74. The monoisotopic (exact) mass is 505 g/mol. The number of carbonyl (C=O) groups excluding carboxylic acids is 1. The van der Waals surface area contributed by atoms with Gasteiger partial charge < -0.3 is 4.74 Å². The van der Waals surface area contributed by atoms with Gasteiger partial charge in [0.15, 0.2) is 0 Å². The maximum atomic E-state index is 13.3. The molecule has 0 saturated carbocycles. The van der Waals surface area contributed by atoms with Crippen molar-refractivity contribution in [2.75, 3.05) is 17.5 Å². The van der Waals surface area contributed by atoms with Crippen molar-refractivity contribution in [1.29, 1.82) is 0 Å². The molecule has 7 nitrogen and oxygen atoms in total. The van der Waals surface area contributed by atoms with E-state index < -0.39 is 34.2 Å². The van der Waals surface area contributed by atoms with Gasteiger partial charge in [0.25, 0.3) is 15.9 Å². The van der Waals surface area contributed by atoms with Crippen molar-refractivity contribution < 1.29 is 31.1 Å². The molecule has 1 amide bonds. The van der Waals surface area contributed by atoms with Crippen LogP contribution in [0.2, 0.25) is 0 Å². The zero-order valence-electron chi connectivity index (χ0n) is 18.6. The number of alkyl halides is 3. The average Bonchev–Trinajstić information content (AvgIpc) is 2.83. The summed E-state index contributed by atoms with van der Waals surface area (Å²) in [6.45, 7) is 1.56. The van der Waals surface area contributed by atoms with E-state index in [4.69, 9.17) is 4.74 Å². The molecule has 0 aliphatic heterocycles. The number of nitrogens with zero attached hydrogens (tertiary/aromatic N) is 2. The number of hydrogen-bond donors (Lipinski definition) is 1. The molecule has 0 aliphatic rings. The fraction of sp³-hybridized carbons (Fsp3) is 0.167. The fourth-order valence-electron chi connectivity index (χ4n) is 3.12. The van der Waals surface area contributed by atoms with E-state index in [9.17, 15) is 26.4 Å². The lowest BCUT2D eigenvalue weighted by atomic mass is 10.1. The number of sulfonamides is 1. The fourth-order valence-corrected chi connectivity index (χ4v) is 4.56. The highest BCUT2D eigenvalue weighted by Gasteiger charge is 2.32. The molecule has 0 aliphatic carbocycles. The average molecular weight is 506 g/mol. The molecular weight excluding hydrogens is 483 g/mol. The minimum Gasteiger partial charge on any atom is -0.494 e. The maximum Gasteiger partial charge on any atom is 0.417 e. The normalized spacial score (nSPS) is 11.9. The van der Waals surface area contributed by atoms with Crippen molar-refractivity contribution in [3.8, 4) is 5.75 Å². The molecule has 0 unspecified atom stereocenters. The van der Waals surface area contributed by atoms with Crippen molar-refractivity contribution in [2.24, 2.45) is 5.10 Å². The van der Waals surface area contributed by atoms with Crippen LogP contribution in [0.25, 0.3) is 0 Å². The zero-order valence-corrected chi connectivity index (χ0v) is 19.4. The van der Waals surface area contributed by atoms with Gasteiger partial charge in [-0.1, -0.05) is 36.4 Å². The number of hydrazone groups is 1. The Kier molecular flexibility index (Phi) is 8.13. The summed E-state index contributed by atoms with van der Waals surface area (Å²) in [7, 11) is -4.15. The van der Waals surface area contributed by atoms with Crippen molar-refractivity contribution >= 4 is 27.8 Å². The van der Waals surface area contributed by atoms with Crippen LogP contribution in [0.5, 0.6) is 5.75 Å². The molecule has 0 radical (unpaired) electrons. The Morgan fingerprint density at radius 3 is 2.26 bits per heavy atom. The summed E-state index contributed by atoms with van der Waals surface area (Å²) >= 11 is 0. The molecule has 184 valence electrons. The number of benzene rings is 3. The summed E-state index contributed by atoms with van der Waals surface area (Å²) in [6, 6.07) is 18.4. The smallest absolute Gasteiger partial charge is 0.417 e. The van der Waals surface area contributed by atoms with Crippen LogP contribution in [-0.2, 0) is 21.0 Å². The Morgan fingerprint density at radius 2 is 1.63 bits per heavy atom. The van der Waals surface area contributed by atoms with Crippen LogP contribution in [0.3, 0.4) is 0 Å². The molecule has 0 heterocycles. The molecule has 0 spiro atoms. The zero-order chi connectivity index (χ0) is 25.5. The van der Waals surface area contributed by atoms with E-state index in [2.05, 4.69) is 10.5 Å².